The number of halogens is 1. The molecule has 0 aliphatic heterocycles. The van der Waals surface area contributed by atoms with Crippen molar-refractivity contribution in [3.8, 4) is 11.5 Å². The number of carbonyl (C=O) groups excluding carboxylic acids is 1. The maximum absolute atomic E-state index is 11.4. The van der Waals surface area contributed by atoms with Crippen LogP contribution in [0.15, 0.2) is 16.6 Å². The molecule has 1 aromatic carbocycles. The topological polar surface area (TPSA) is 59.6 Å². The standard InChI is InChI=1S/C14H21BrN2O3/c1-4-17-13(18)5-6-20-14-11(15)7-10(9-16-2)8-12(14)19-3/h7-8,16H,4-6,9H2,1-3H3,(H,17,18). The van der Waals surface area contributed by atoms with E-state index < -0.39 is 0 Å². The Labute approximate surface area is 128 Å². The number of rotatable bonds is 8. The summed E-state index contributed by atoms with van der Waals surface area (Å²) in [4.78, 5) is 11.4. The van der Waals surface area contributed by atoms with Crippen LogP contribution in [0.2, 0.25) is 0 Å². The molecule has 20 heavy (non-hydrogen) atoms. The lowest BCUT2D eigenvalue weighted by Crippen LogP contribution is -2.24. The Bertz CT molecular complexity index is 452. The van der Waals surface area contributed by atoms with Crippen LogP contribution >= 0.6 is 15.9 Å². The summed E-state index contributed by atoms with van der Waals surface area (Å²) in [5.74, 6) is 1.26. The van der Waals surface area contributed by atoms with Crippen LogP contribution in [0.4, 0.5) is 0 Å². The van der Waals surface area contributed by atoms with Gasteiger partial charge in [0, 0.05) is 13.1 Å². The zero-order valence-electron chi connectivity index (χ0n) is 12.1. The molecule has 0 saturated carbocycles. The van der Waals surface area contributed by atoms with Crippen molar-refractivity contribution < 1.29 is 14.3 Å². The largest absolute Gasteiger partial charge is 0.493 e. The summed E-state index contributed by atoms with van der Waals surface area (Å²) in [7, 11) is 3.48. The Hall–Kier alpha value is -1.27. The second kappa shape index (κ2) is 8.81. The maximum Gasteiger partial charge on any atom is 0.223 e. The molecule has 0 aliphatic rings. The first kappa shape index (κ1) is 16.8. The highest BCUT2D eigenvalue weighted by Gasteiger charge is 2.12. The van der Waals surface area contributed by atoms with Gasteiger partial charge < -0.3 is 20.1 Å². The smallest absolute Gasteiger partial charge is 0.223 e. The third-order valence-corrected chi connectivity index (χ3v) is 3.21. The van der Waals surface area contributed by atoms with Gasteiger partial charge in [-0.1, -0.05) is 0 Å². The highest BCUT2D eigenvalue weighted by atomic mass is 79.9. The van der Waals surface area contributed by atoms with Gasteiger partial charge in [0.05, 0.1) is 24.6 Å². The lowest BCUT2D eigenvalue weighted by atomic mass is 10.2. The van der Waals surface area contributed by atoms with Crippen molar-refractivity contribution in [3.63, 3.8) is 0 Å². The van der Waals surface area contributed by atoms with Gasteiger partial charge in [0.15, 0.2) is 11.5 Å². The van der Waals surface area contributed by atoms with Crippen LogP contribution in [0.1, 0.15) is 18.9 Å². The summed E-state index contributed by atoms with van der Waals surface area (Å²) in [6.07, 6.45) is 0.321. The molecule has 0 fully saturated rings. The molecule has 0 atom stereocenters. The van der Waals surface area contributed by atoms with Crippen LogP contribution in [-0.2, 0) is 11.3 Å². The van der Waals surface area contributed by atoms with E-state index in [9.17, 15) is 4.79 Å². The number of hydrogen-bond donors (Lipinski definition) is 2. The van der Waals surface area contributed by atoms with Crippen LogP contribution in [-0.4, -0.2) is 33.2 Å². The minimum Gasteiger partial charge on any atom is -0.493 e. The van der Waals surface area contributed by atoms with Crippen molar-refractivity contribution >= 4 is 21.8 Å². The number of methoxy groups -OCH3 is 1. The molecular formula is C14H21BrN2O3. The summed E-state index contributed by atoms with van der Waals surface area (Å²) in [6, 6.07) is 3.89. The van der Waals surface area contributed by atoms with Crippen molar-refractivity contribution in [2.24, 2.45) is 0 Å². The molecule has 1 rings (SSSR count). The number of benzene rings is 1. The monoisotopic (exact) mass is 344 g/mol. The third-order valence-electron chi connectivity index (χ3n) is 2.62. The van der Waals surface area contributed by atoms with Crippen molar-refractivity contribution in [3.05, 3.63) is 22.2 Å². The first-order chi connectivity index (χ1) is 9.62. The Balaban J connectivity index is 2.71. The van der Waals surface area contributed by atoms with Crippen LogP contribution in [0.3, 0.4) is 0 Å². The predicted molar refractivity (Wildman–Crippen MR) is 82.3 cm³/mol. The van der Waals surface area contributed by atoms with E-state index in [0.29, 0.717) is 31.1 Å². The SMILES string of the molecule is CCNC(=O)CCOc1c(Br)cc(CNC)cc1OC. The number of nitrogens with one attached hydrogen (secondary N) is 2. The minimum absolute atomic E-state index is 0.0191. The van der Waals surface area contributed by atoms with Gasteiger partial charge in [0.25, 0.3) is 0 Å². The van der Waals surface area contributed by atoms with Gasteiger partial charge >= 0.3 is 0 Å². The first-order valence-corrected chi connectivity index (χ1v) is 7.32. The van der Waals surface area contributed by atoms with E-state index in [0.717, 1.165) is 16.6 Å². The molecule has 0 radical (unpaired) electrons. The van der Waals surface area contributed by atoms with Crippen molar-refractivity contribution in [1.82, 2.24) is 10.6 Å². The van der Waals surface area contributed by atoms with E-state index in [-0.39, 0.29) is 5.91 Å². The molecule has 6 heteroatoms. The molecule has 0 aliphatic carbocycles. The molecule has 0 aromatic heterocycles. The summed E-state index contributed by atoms with van der Waals surface area (Å²) in [5, 5.41) is 5.81. The van der Waals surface area contributed by atoms with Gasteiger partial charge in [0.1, 0.15) is 0 Å². The van der Waals surface area contributed by atoms with Crippen molar-refractivity contribution in [2.45, 2.75) is 19.9 Å². The quantitative estimate of drug-likeness (QED) is 0.757. The Morgan fingerprint density at radius 2 is 2.15 bits per heavy atom. The van der Waals surface area contributed by atoms with Gasteiger partial charge in [-0.25, -0.2) is 0 Å². The lowest BCUT2D eigenvalue weighted by Gasteiger charge is -2.14. The first-order valence-electron chi connectivity index (χ1n) is 6.52. The van der Waals surface area contributed by atoms with Crippen LogP contribution in [0, 0.1) is 0 Å². The van der Waals surface area contributed by atoms with Gasteiger partial charge in [-0.2, -0.15) is 0 Å². The molecule has 1 aromatic rings. The summed E-state index contributed by atoms with van der Waals surface area (Å²) in [5.41, 5.74) is 1.09. The van der Waals surface area contributed by atoms with E-state index >= 15 is 0 Å². The highest BCUT2D eigenvalue weighted by Crippen LogP contribution is 2.36. The molecule has 0 saturated heterocycles. The summed E-state index contributed by atoms with van der Waals surface area (Å²) < 4.78 is 11.8. The second-order valence-corrected chi connectivity index (χ2v) is 5.05. The van der Waals surface area contributed by atoms with Crippen LogP contribution < -0.4 is 20.1 Å². The molecule has 0 unspecified atom stereocenters. The number of carbonyl (C=O) groups is 1. The molecule has 0 spiro atoms. The molecule has 0 heterocycles. The fourth-order valence-electron chi connectivity index (χ4n) is 1.75. The van der Waals surface area contributed by atoms with Gasteiger partial charge in [-0.15, -0.1) is 0 Å². The second-order valence-electron chi connectivity index (χ2n) is 4.19. The predicted octanol–water partition coefficient (Wildman–Crippen LogP) is 2.08. The number of hydrogen-bond acceptors (Lipinski definition) is 4. The van der Waals surface area contributed by atoms with E-state index in [4.69, 9.17) is 9.47 Å². The van der Waals surface area contributed by atoms with Gasteiger partial charge in [-0.3, -0.25) is 4.79 Å². The van der Waals surface area contributed by atoms with Gasteiger partial charge in [0.2, 0.25) is 5.91 Å². The number of amides is 1. The van der Waals surface area contributed by atoms with E-state index in [2.05, 4.69) is 26.6 Å². The Morgan fingerprint density at radius 3 is 2.75 bits per heavy atom. The summed E-state index contributed by atoms with van der Waals surface area (Å²) >= 11 is 3.47. The van der Waals surface area contributed by atoms with Crippen LogP contribution in [0.5, 0.6) is 11.5 Å². The average molecular weight is 345 g/mol. The molecule has 2 N–H and O–H groups in total. The number of ether oxygens (including phenoxy) is 2. The highest BCUT2D eigenvalue weighted by molar-refractivity contribution is 9.10. The third kappa shape index (κ3) is 5.02. The van der Waals surface area contributed by atoms with E-state index in [1.165, 1.54) is 0 Å². The fourth-order valence-corrected chi connectivity index (χ4v) is 2.35. The van der Waals surface area contributed by atoms with Crippen LogP contribution in [0.25, 0.3) is 0 Å². The van der Waals surface area contributed by atoms with Crippen molar-refractivity contribution in [2.75, 3.05) is 27.3 Å². The normalized spacial score (nSPS) is 10.2. The summed E-state index contributed by atoms with van der Waals surface area (Å²) in [6.45, 7) is 3.57. The minimum atomic E-state index is -0.0191. The molecule has 0 bridgehead atoms. The zero-order valence-corrected chi connectivity index (χ0v) is 13.7. The van der Waals surface area contributed by atoms with E-state index in [1.54, 1.807) is 7.11 Å². The van der Waals surface area contributed by atoms with Crippen molar-refractivity contribution in [1.29, 1.82) is 0 Å². The Morgan fingerprint density at radius 1 is 1.40 bits per heavy atom. The fraction of sp³-hybridized carbons (Fsp3) is 0.500. The maximum atomic E-state index is 11.4. The Kier molecular flexibility index (Phi) is 7.40. The molecular weight excluding hydrogens is 324 g/mol. The van der Waals surface area contributed by atoms with E-state index in [1.807, 2.05) is 26.1 Å². The molecule has 1 amide bonds. The lowest BCUT2D eigenvalue weighted by molar-refractivity contribution is -0.121. The molecule has 5 nitrogen and oxygen atoms in total. The zero-order chi connectivity index (χ0) is 15.0. The molecule has 112 valence electrons. The average Bonchev–Trinajstić information content (AvgIpc) is 2.41. The van der Waals surface area contributed by atoms with Gasteiger partial charge in [-0.05, 0) is 47.6 Å².